The third-order valence-electron chi connectivity index (χ3n) is 6.25. The molecule has 6 nitrogen and oxygen atoms in total. The van der Waals surface area contributed by atoms with E-state index in [1.54, 1.807) is 11.3 Å². The molecule has 34 heavy (non-hydrogen) atoms. The van der Waals surface area contributed by atoms with Gasteiger partial charge >= 0.3 is 0 Å². The third-order valence-corrected chi connectivity index (χ3v) is 8.12. The second kappa shape index (κ2) is 10.2. The van der Waals surface area contributed by atoms with Crippen LogP contribution in [0.4, 0.5) is 0 Å². The minimum Gasteiger partial charge on any atom is -0.337 e. The van der Waals surface area contributed by atoms with Gasteiger partial charge in [0.1, 0.15) is 0 Å². The highest BCUT2D eigenvalue weighted by Crippen LogP contribution is 2.26. The number of amides is 1. The Morgan fingerprint density at radius 1 is 1.12 bits per heavy atom. The molecule has 2 aromatic heterocycles. The van der Waals surface area contributed by atoms with Gasteiger partial charge in [0.2, 0.25) is 0 Å². The predicted octanol–water partition coefficient (Wildman–Crippen LogP) is 5.30. The van der Waals surface area contributed by atoms with E-state index >= 15 is 0 Å². The van der Waals surface area contributed by atoms with Crippen molar-refractivity contribution < 1.29 is 4.79 Å². The molecule has 0 saturated carbocycles. The Bertz CT molecular complexity index is 1160. The maximum atomic E-state index is 13.3. The van der Waals surface area contributed by atoms with E-state index in [1.807, 2.05) is 47.7 Å². The molecule has 0 atom stereocenters. The van der Waals surface area contributed by atoms with Gasteiger partial charge in [0.25, 0.3) is 5.91 Å². The van der Waals surface area contributed by atoms with Crippen LogP contribution in [0.3, 0.4) is 0 Å². The average Bonchev–Trinajstić information content (AvgIpc) is 3.27. The Balaban J connectivity index is 1.38. The topological polar surface area (TPSA) is 54.3 Å². The highest BCUT2D eigenvalue weighted by atomic mass is 35.5. The normalized spacial score (nSPS) is 15.5. The lowest BCUT2D eigenvalue weighted by molar-refractivity contribution is 0.0761. The summed E-state index contributed by atoms with van der Waals surface area (Å²) in [4.78, 5) is 22.6. The monoisotopic (exact) mass is 499 g/mol. The number of hydrogen-bond acceptors (Lipinski definition) is 5. The quantitative estimate of drug-likeness (QED) is 0.477. The van der Waals surface area contributed by atoms with Gasteiger partial charge in [0, 0.05) is 49.1 Å². The summed E-state index contributed by atoms with van der Waals surface area (Å²) >= 11 is 8.04. The minimum absolute atomic E-state index is 0.0840. The second-order valence-corrected chi connectivity index (χ2v) is 11.4. The molecule has 3 heterocycles. The van der Waals surface area contributed by atoms with Gasteiger partial charge in [0.05, 0.1) is 33.7 Å². The maximum Gasteiger partial charge on any atom is 0.253 e. The molecule has 1 amide bonds. The molecule has 1 aliphatic rings. The SMILES string of the molecule is Cc1nn(Cc2cccc(C(=O)N3CCCN(Cc4csc(C(C)(C)C)n4)CC3)c2)c(C)c1Cl. The van der Waals surface area contributed by atoms with Crippen molar-refractivity contribution in [1.29, 1.82) is 0 Å². The minimum atomic E-state index is 0.0840. The van der Waals surface area contributed by atoms with E-state index in [0.29, 0.717) is 11.6 Å². The number of thiazole rings is 1. The van der Waals surface area contributed by atoms with Gasteiger partial charge in [-0.05, 0) is 38.0 Å². The van der Waals surface area contributed by atoms with E-state index in [4.69, 9.17) is 16.6 Å². The number of aromatic nitrogens is 3. The smallest absolute Gasteiger partial charge is 0.253 e. The van der Waals surface area contributed by atoms with Gasteiger partial charge in [-0.1, -0.05) is 44.5 Å². The zero-order valence-corrected chi connectivity index (χ0v) is 22.3. The van der Waals surface area contributed by atoms with Gasteiger partial charge in [0.15, 0.2) is 0 Å². The summed E-state index contributed by atoms with van der Waals surface area (Å²) in [5.41, 5.74) is 4.76. The molecule has 1 fully saturated rings. The number of nitrogens with zero attached hydrogens (tertiary/aromatic N) is 5. The fourth-order valence-corrected chi connectivity index (χ4v) is 5.31. The van der Waals surface area contributed by atoms with Crippen LogP contribution in [0, 0.1) is 13.8 Å². The summed E-state index contributed by atoms with van der Waals surface area (Å²) in [5, 5.41) is 8.58. The zero-order chi connectivity index (χ0) is 24.5. The number of hydrogen-bond donors (Lipinski definition) is 0. The summed E-state index contributed by atoms with van der Waals surface area (Å²) in [6.07, 6.45) is 0.964. The molecule has 0 unspecified atom stereocenters. The van der Waals surface area contributed by atoms with Crippen LogP contribution < -0.4 is 0 Å². The largest absolute Gasteiger partial charge is 0.337 e. The van der Waals surface area contributed by atoms with Crippen LogP contribution in [0.5, 0.6) is 0 Å². The van der Waals surface area contributed by atoms with Gasteiger partial charge < -0.3 is 4.90 Å². The molecule has 0 bridgehead atoms. The Labute approximate surface area is 211 Å². The first kappa shape index (κ1) is 24.9. The molecule has 0 radical (unpaired) electrons. The molecule has 1 saturated heterocycles. The van der Waals surface area contributed by atoms with Crippen LogP contribution in [-0.2, 0) is 18.5 Å². The van der Waals surface area contributed by atoms with Crippen LogP contribution in [0.15, 0.2) is 29.6 Å². The highest BCUT2D eigenvalue weighted by Gasteiger charge is 2.23. The molecule has 8 heteroatoms. The van der Waals surface area contributed by atoms with E-state index in [-0.39, 0.29) is 11.3 Å². The molecular formula is C26H34ClN5OS. The first-order valence-electron chi connectivity index (χ1n) is 11.9. The molecule has 1 aliphatic heterocycles. The second-order valence-electron chi connectivity index (χ2n) is 10.2. The maximum absolute atomic E-state index is 13.3. The molecular weight excluding hydrogens is 466 g/mol. The lowest BCUT2D eigenvalue weighted by Crippen LogP contribution is -2.35. The Kier molecular flexibility index (Phi) is 7.45. The van der Waals surface area contributed by atoms with Crippen molar-refractivity contribution in [2.75, 3.05) is 26.2 Å². The van der Waals surface area contributed by atoms with Crippen molar-refractivity contribution in [2.45, 2.75) is 59.5 Å². The van der Waals surface area contributed by atoms with Crippen LogP contribution >= 0.6 is 22.9 Å². The zero-order valence-electron chi connectivity index (χ0n) is 20.8. The Morgan fingerprint density at radius 3 is 2.59 bits per heavy atom. The molecule has 0 N–H and O–H groups in total. The summed E-state index contributed by atoms with van der Waals surface area (Å²) in [6, 6.07) is 7.88. The van der Waals surface area contributed by atoms with Crippen molar-refractivity contribution in [3.05, 3.63) is 67.9 Å². The van der Waals surface area contributed by atoms with Gasteiger partial charge in [-0.2, -0.15) is 5.10 Å². The predicted molar refractivity (Wildman–Crippen MR) is 139 cm³/mol. The number of carbonyl (C=O) groups excluding carboxylic acids is 1. The first-order chi connectivity index (χ1) is 16.1. The van der Waals surface area contributed by atoms with E-state index < -0.39 is 0 Å². The Morgan fingerprint density at radius 2 is 1.91 bits per heavy atom. The molecule has 0 spiro atoms. The third kappa shape index (κ3) is 5.70. The van der Waals surface area contributed by atoms with Crippen molar-refractivity contribution >= 4 is 28.8 Å². The number of carbonyl (C=O) groups is 1. The van der Waals surface area contributed by atoms with Gasteiger partial charge in [-0.25, -0.2) is 4.98 Å². The van der Waals surface area contributed by atoms with E-state index in [0.717, 1.165) is 67.4 Å². The molecule has 4 rings (SSSR count). The number of rotatable bonds is 5. The molecule has 182 valence electrons. The summed E-state index contributed by atoms with van der Waals surface area (Å²) in [6.45, 7) is 15.3. The van der Waals surface area contributed by atoms with Crippen LogP contribution in [0.25, 0.3) is 0 Å². The average molecular weight is 500 g/mol. The lowest BCUT2D eigenvalue weighted by atomic mass is 9.98. The molecule has 0 aliphatic carbocycles. The van der Waals surface area contributed by atoms with Gasteiger partial charge in [-0.3, -0.25) is 14.4 Å². The van der Waals surface area contributed by atoms with E-state index in [1.165, 1.54) is 5.01 Å². The van der Waals surface area contributed by atoms with Gasteiger partial charge in [-0.15, -0.1) is 11.3 Å². The van der Waals surface area contributed by atoms with Crippen LogP contribution in [-0.4, -0.2) is 56.7 Å². The molecule has 3 aromatic rings. The van der Waals surface area contributed by atoms with E-state index in [9.17, 15) is 4.79 Å². The van der Waals surface area contributed by atoms with Crippen molar-refractivity contribution in [3.8, 4) is 0 Å². The number of benzene rings is 1. The van der Waals surface area contributed by atoms with Crippen LogP contribution in [0.2, 0.25) is 5.02 Å². The summed E-state index contributed by atoms with van der Waals surface area (Å²) in [5.74, 6) is 0.0961. The Hall–Kier alpha value is -2.22. The first-order valence-corrected chi connectivity index (χ1v) is 13.1. The highest BCUT2D eigenvalue weighted by molar-refractivity contribution is 7.09. The fourth-order valence-electron chi connectivity index (χ4n) is 4.27. The van der Waals surface area contributed by atoms with Crippen molar-refractivity contribution in [2.24, 2.45) is 0 Å². The van der Waals surface area contributed by atoms with Crippen molar-refractivity contribution in [1.82, 2.24) is 24.6 Å². The summed E-state index contributed by atoms with van der Waals surface area (Å²) < 4.78 is 1.90. The van der Waals surface area contributed by atoms with Crippen LogP contribution in [0.1, 0.15) is 65.2 Å². The fraction of sp³-hybridized carbons (Fsp3) is 0.500. The number of aryl methyl sites for hydroxylation is 1. The molecule has 1 aromatic carbocycles. The standard InChI is InChI=1S/C26H34ClN5OS/c1-18-23(27)19(2)32(29-18)15-20-8-6-9-21(14-20)24(33)31-11-7-10-30(12-13-31)16-22-17-34-25(28-22)26(3,4)5/h6,8-9,14,17H,7,10-13,15-16H2,1-5H3. The lowest BCUT2D eigenvalue weighted by Gasteiger charge is -2.22. The van der Waals surface area contributed by atoms with Crippen molar-refractivity contribution in [3.63, 3.8) is 0 Å². The van der Waals surface area contributed by atoms with E-state index in [2.05, 4.69) is 36.1 Å². The number of halogens is 1. The summed E-state index contributed by atoms with van der Waals surface area (Å²) in [7, 11) is 0.